The first-order valence-corrected chi connectivity index (χ1v) is 41.1. The van der Waals surface area contributed by atoms with E-state index in [1.165, 1.54) is 30.1 Å². The van der Waals surface area contributed by atoms with E-state index in [9.17, 15) is 24.0 Å². The predicted molar refractivity (Wildman–Crippen MR) is 442 cm³/mol. The van der Waals surface area contributed by atoms with Gasteiger partial charge in [-0.3, -0.25) is 62.3 Å². The van der Waals surface area contributed by atoms with Crippen LogP contribution < -0.4 is 53.2 Å². The minimum Gasteiger partial charge on any atom is -0.361 e. The van der Waals surface area contributed by atoms with E-state index in [4.69, 9.17) is 0 Å². The maximum absolute atomic E-state index is 15.3. The zero-order chi connectivity index (χ0) is 84.1. The first-order chi connectivity index (χ1) is 54.5. The third kappa shape index (κ3) is 25.4. The summed E-state index contributed by atoms with van der Waals surface area (Å²) in [4.78, 5) is 207. The van der Waals surface area contributed by atoms with Gasteiger partial charge in [-0.05, 0) is 96.1 Å². The molecule has 0 spiro atoms. The normalized spacial score (nSPS) is 24.2. The molecule has 2 saturated heterocycles. The Morgan fingerprint density at radius 2 is 1.00 bits per heavy atom. The van der Waals surface area contributed by atoms with Crippen molar-refractivity contribution in [1.82, 2.24) is 77.9 Å². The number of aromatic nitrogens is 3. The highest BCUT2D eigenvalue weighted by Crippen LogP contribution is 2.27. The number of H-pyrrole nitrogens is 2. The summed E-state index contributed by atoms with van der Waals surface area (Å²) in [5.74, 6) is -11.8. The summed E-state index contributed by atoms with van der Waals surface area (Å²) in [5, 5.41) is 29.3. The van der Waals surface area contributed by atoms with Crippen LogP contribution in [0.4, 0.5) is 0 Å². The second-order valence-electron chi connectivity index (χ2n) is 33.2. The van der Waals surface area contributed by atoms with Crippen molar-refractivity contribution in [1.29, 1.82) is 0 Å². The van der Waals surface area contributed by atoms with Crippen LogP contribution in [0.2, 0.25) is 0 Å². The molecule has 0 radical (unpaired) electrons. The number of aromatic amines is 2. The molecule has 2 aliphatic heterocycles. The molecule has 29 heteroatoms. The molecule has 6 aromatic rings. The molecule has 0 aliphatic carbocycles. The van der Waals surface area contributed by atoms with Crippen molar-refractivity contribution in [3.63, 3.8) is 0 Å². The van der Waals surface area contributed by atoms with Crippen molar-refractivity contribution < 1.29 is 62.3 Å². The topological polar surface area (TPSA) is 393 Å². The Balaban J connectivity index is 1.17. The van der Waals surface area contributed by atoms with Crippen LogP contribution in [0.5, 0.6) is 0 Å². The summed E-state index contributed by atoms with van der Waals surface area (Å²) in [5.41, 5.74) is 3.80. The van der Waals surface area contributed by atoms with Crippen LogP contribution in [-0.4, -0.2) is 199 Å². The Bertz CT molecular complexity index is 4350. The third-order valence-electron chi connectivity index (χ3n) is 20.7. The molecule has 115 heavy (non-hydrogen) atoms. The van der Waals surface area contributed by atoms with Crippen LogP contribution in [0.1, 0.15) is 145 Å². The highest BCUT2D eigenvalue weighted by atomic mass is 32.2. The predicted octanol–water partition coefficient (Wildman–Crippen LogP) is 5.94. The summed E-state index contributed by atoms with van der Waals surface area (Å²) in [6, 6.07) is 17.7. The highest BCUT2D eigenvalue weighted by Gasteiger charge is 2.44. The van der Waals surface area contributed by atoms with E-state index in [0.717, 1.165) is 33.8 Å². The number of carbonyl (C=O) groups is 13. The standard InChI is InChI=1S/C86H117N15O13S/c1-48(2)37-62-76(105)94-66(42-59-44-87-47-89-59)84(113)100(15)69(40-54-25-18-16-19-26-54)80(109)99-73(52(9)10)82(111)95-65(38-49(3)4)85(114)101-36-24-31-68(101)79(108)92-63(39-55-32-34-57(35-33-55)56-27-20-17-21-28-56)77(106)97-71(50(5)6)81(110)93-64(41-58-43-88-61-30-23-22-29-60(58)61)78(107)98-72(51(7)8)83(112)96-67(74(103)86(12,13)14)45-115-46-70(102)90-53(11)75(104)91-62/h16-23,25-30,32-35,43-44,47-53,62-69,71-73,88H,24,31,36-42,45-46H2,1-15H3,(H,87,89)(H,90,102)(H,91,104)(H,92,108)(H,93,110)(H,94,105)(H,95,111)(H,96,112)(H,97,106)(H,98,107)(H,99,109)/t53-,62-,63-,64-,65-,66-,67-,68-,69-,71?,72?,73-/m0/s1. The SMILES string of the molecule is CC(C)C[C@@H]1NC(=O)[C@H](C)NC(=O)CSC[C@@H](C(=O)C(C)(C)C)NC(=O)C(C(C)C)NC(=O)[C@H](Cc2c[nH]c3ccccc23)NC(=O)C(C(C)C)NC(=O)[C@H](Cc2ccc(-c3ccccc3)cc2)NC(=O)[C@@H]2CCCN2C(=O)[C@H](CC(C)C)NC(=O)[C@H](C(C)C)NC(=O)[C@H](Cc2ccccc2)N(C)C(=O)[C@H](Cc2c[nH]cn2)NC1=O. The smallest absolute Gasteiger partial charge is 0.245 e. The van der Waals surface area contributed by atoms with Gasteiger partial charge in [-0.15, -0.1) is 11.8 Å². The second kappa shape index (κ2) is 41.5. The molecule has 28 nitrogen and oxygen atoms in total. The molecular formula is C86H117N15O13S. The zero-order valence-corrected chi connectivity index (χ0v) is 69.6. The Kier molecular flexibility index (Phi) is 32.5. The summed E-state index contributed by atoms with van der Waals surface area (Å²) < 4.78 is 0. The number of imidazole rings is 1. The van der Waals surface area contributed by atoms with E-state index in [-0.39, 0.29) is 74.8 Å². The van der Waals surface area contributed by atoms with Crippen molar-refractivity contribution in [2.24, 2.45) is 35.0 Å². The van der Waals surface area contributed by atoms with Gasteiger partial charge in [-0.25, -0.2) is 4.98 Å². The number of para-hydroxylation sites is 1. The molecule has 620 valence electrons. The van der Waals surface area contributed by atoms with E-state index in [2.05, 4.69) is 68.1 Å². The number of fused-ring (bicyclic) bond motifs is 2. The van der Waals surface area contributed by atoms with Crippen molar-refractivity contribution in [2.75, 3.05) is 25.1 Å². The second-order valence-corrected chi connectivity index (χ2v) is 34.2. The fraction of sp³-hybridized carbons (Fsp3) is 0.512. The number of carbonyl (C=O) groups excluding carboxylic acids is 13. The number of Topliss-reactive ketones (excluding diaryl/α,β-unsaturated/α-hetero) is 1. The lowest BCUT2D eigenvalue weighted by Crippen LogP contribution is -2.62. The number of nitrogens with zero attached hydrogens (tertiary/aromatic N) is 3. The lowest BCUT2D eigenvalue weighted by molar-refractivity contribution is -0.144. The van der Waals surface area contributed by atoms with E-state index in [1.54, 1.807) is 105 Å². The van der Waals surface area contributed by atoms with Gasteiger partial charge in [-0.2, -0.15) is 0 Å². The van der Waals surface area contributed by atoms with Crippen LogP contribution in [0.3, 0.4) is 0 Å². The van der Waals surface area contributed by atoms with Crippen LogP contribution >= 0.6 is 11.8 Å². The highest BCUT2D eigenvalue weighted by molar-refractivity contribution is 8.00. The van der Waals surface area contributed by atoms with E-state index >= 15 is 38.4 Å². The molecule has 2 unspecified atom stereocenters. The van der Waals surface area contributed by atoms with E-state index in [0.29, 0.717) is 28.8 Å². The van der Waals surface area contributed by atoms with Gasteiger partial charge >= 0.3 is 0 Å². The molecular weight excluding hydrogens is 1480 g/mol. The van der Waals surface area contributed by atoms with Gasteiger partial charge in [0.1, 0.15) is 66.5 Å². The summed E-state index contributed by atoms with van der Waals surface area (Å²) >= 11 is 1.000. The molecule has 12 amide bonds. The molecule has 2 aliphatic rings. The average Bonchev–Trinajstić information content (AvgIpc) is 1.72. The Labute approximate surface area is 678 Å². The first-order valence-electron chi connectivity index (χ1n) is 39.9. The van der Waals surface area contributed by atoms with Gasteiger partial charge in [0.15, 0.2) is 5.78 Å². The Morgan fingerprint density at radius 1 is 0.496 bits per heavy atom. The van der Waals surface area contributed by atoms with Gasteiger partial charge in [0.2, 0.25) is 70.9 Å². The number of amides is 12. The number of thioether (sulfide) groups is 1. The summed E-state index contributed by atoms with van der Waals surface area (Å²) in [7, 11) is 1.41. The van der Waals surface area contributed by atoms with Crippen molar-refractivity contribution >= 4 is 99.3 Å². The molecule has 0 saturated carbocycles. The molecule has 0 bridgehead atoms. The fourth-order valence-corrected chi connectivity index (χ4v) is 15.2. The number of hydrogen-bond acceptors (Lipinski definition) is 15. The van der Waals surface area contributed by atoms with Gasteiger partial charge in [0.25, 0.3) is 0 Å². The van der Waals surface area contributed by atoms with Crippen LogP contribution in [-0.2, 0) is 88.0 Å². The van der Waals surface area contributed by atoms with Crippen LogP contribution in [0.25, 0.3) is 22.0 Å². The third-order valence-corrected chi connectivity index (χ3v) is 21.8. The maximum Gasteiger partial charge on any atom is 0.245 e. The maximum atomic E-state index is 15.3. The summed E-state index contributed by atoms with van der Waals surface area (Å²) in [6.07, 6.45) is 4.91. The number of hydrogen-bond donors (Lipinski definition) is 12. The van der Waals surface area contributed by atoms with Crippen molar-refractivity contribution in [3.05, 3.63) is 150 Å². The Hall–Kier alpha value is -10.7. The van der Waals surface area contributed by atoms with E-state index < -0.39 is 172 Å². The molecule has 4 heterocycles. The first kappa shape index (κ1) is 89.8. The molecule has 4 aromatic carbocycles. The quantitative estimate of drug-likeness (QED) is 0.0503. The van der Waals surface area contributed by atoms with Crippen molar-refractivity contribution in [3.8, 4) is 11.1 Å². The molecule has 8 rings (SSSR count). The average molecular weight is 1600 g/mol. The fourth-order valence-electron chi connectivity index (χ4n) is 14.3. The van der Waals surface area contributed by atoms with Gasteiger partial charge < -0.3 is 72.9 Å². The van der Waals surface area contributed by atoms with Gasteiger partial charge in [0, 0.05) is 73.7 Å². The number of ketones is 1. The molecule has 2 aromatic heterocycles. The Morgan fingerprint density at radius 3 is 1.58 bits per heavy atom. The molecule has 12 N–H and O–H groups in total. The zero-order valence-electron chi connectivity index (χ0n) is 68.8. The number of likely N-dealkylation sites (N-methyl/N-ethyl adjacent to an activating group) is 1. The number of benzene rings is 4. The lowest BCUT2D eigenvalue weighted by Gasteiger charge is -2.34. The van der Waals surface area contributed by atoms with Crippen molar-refractivity contribution in [2.45, 2.75) is 221 Å². The largest absolute Gasteiger partial charge is 0.361 e. The minimum atomic E-state index is -1.41. The molecule has 2 fully saturated rings. The monoisotopic (exact) mass is 1600 g/mol. The van der Waals surface area contributed by atoms with Gasteiger partial charge in [0.05, 0.1) is 23.8 Å². The lowest BCUT2D eigenvalue weighted by atomic mass is 9.86. The minimum absolute atomic E-state index is 0.0690. The van der Waals surface area contributed by atoms with Gasteiger partial charge in [-0.1, -0.05) is 193 Å². The molecule has 12 atom stereocenters. The van der Waals surface area contributed by atoms with E-state index in [1.807, 2.05) is 107 Å². The summed E-state index contributed by atoms with van der Waals surface area (Å²) in [6.45, 7) is 24.2. The number of rotatable bonds is 17. The van der Waals surface area contributed by atoms with Crippen LogP contribution in [0, 0.1) is 35.0 Å². The number of nitrogens with one attached hydrogen (secondary N) is 12. The van der Waals surface area contributed by atoms with Crippen LogP contribution in [0.15, 0.2) is 128 Å².